The summed E-state index contributed by atoms with van der Waals surface area (Å²) in [5, 5.41) is 0. The van der Waals surface area contributed by atoms with E-state index in [0.717, 1.165) is 12.8 Å². The molecule has 1 aliphatic carbocycles. The van der Waals surface area contributed by atoms with Crippen LogP contribution in [-0.2, 0) is 0 Å². The molecular weight excluding hydrogens is 122 g/mol. The van der Waals surface area contributed by atoms with Gasteiger partial charge in [-0.15, -0.1) is 0 Å². The number of halogens is 2. The molecule has 1 aliphatic rings. The van der Waals surface area contributed by atoms with Gasteiger partial charge in [0.05, 0.1) is 0 Å². The molecule has 0 aromatic carbocycles. The van der Waals surface area contributed by atoms with Gasteiger partial charge in [-0.3, -0.25) is 0 Å². The van der Waals surface area contributed by atoms with E-state index in [1.165, 1.54) is 6.42 Å². The van der Waals surface area contributed by atoms with Gasteiger partial charge >= 0.3 is 0 Å². The molecule has 0 aromatic heterocycles. The van der Waals surface area contributed by atoms with Crippen molar-refractivity contribution >= 4 is 0 Å². The Labute approximate surface area is 54.3 Å². The quantitative estimate of drug-likeness (QED) is 0.445. The van der Waals surface area contributed by atoms with Gasteiger partial charge in [0.15, 0.2) is 0 Å². The lowest BCUT2D eigenvalue weighted by molar-refractivity contribution is 0.296. The summed E-state index contributed by atoms with van der Waals surface area (Å²) >= 11 is 0. The first kappa shape index (κ1) is 6.97. The second kappa shape index (κ2) is 3.14. The second-order valence-electron chi connectivity index (χ2n) is 2.51. The Kier molecular flexibility index (Phi) is 2.43. The van der Waals surface area contributed by atoms with Crippen molar-refractivity contribution in [1.82, 2.24) is 0 Å². The minimum Gasteiger partial charge on any atom is -0.247 e. The summed E-state index contributed by atoms with van der Waals surface area (Å²) in [7, 11) is 0. The molecule has 2 unspecified atom stereocenters. The third kappa shape index (κ3) is 2.29. The standard InChI is InChI=1S/C7H11F2/c8-6-3-1-2-4-7(9)5-6/h5-7H,1-4H2. The lowest BCUT2D eigenvalue weighted by Crippen LogP contribution is -2.06. The summed E-state index contributed by atoms with van der Waals surface area (Å²) in [6, 6.07) is 0. The van der Waals surface area contributed by atoms with Crippen LogP contribution in [0.25, 0.3) is 0 Å². The van der Waals surface area contributed by atoms with E-state index in [0.29, 0.717) is 12.8 Å². The van der Waals surface area contributed by atoms with Crippen LogP contribution in [0, 0.1) is 6.42 Å². The largest absolute Gasteiger partial charge is 0.247 e. The van der Waals surface area contributed by atoms with Gasteiger partial charge in [-0.05, 0) is 12.8 Å². The minimum absolute atomic E-state index is 0.514. The molecule has 1 fully saturated rings. The first-order valence-corrected chi connectivity index (χ1v) is 3.42. The van der Waals surface area contributed by atoms with Gasteiger partial charge in [0.25, 0.3) is 0 Å². The third-order valence-corrected chi connectivity index (χ3v) is 1.63. The SMILES string of the molecule is FC1[CH]C(F)CCCC1. The minimum atomic E-state index is -0.998. The zero-order valence-corrected chi connectivity index (χ0v) is 5.32. The van der Waals surface area contributed by atoms with Crippen LogP contribution in [0.2, 0.25) is 0 Å². The van der Waals surface area contributed by atoms with E-state index < -0.39 is 12.3 Å². The van der Waals surface area contributed by atoms with Gasteiger partial charge in [-0.1, -0.05) is 12.8 Å². The normalized spacial score (nSPS) is 38.0. The summed E-state index contributed by atoms with van der Waals surface area (Å²) in [6.07, 6.45) is 1.87. The van der Waals surface area contributed by atoms with Gasteiger partial charge in [0.1, 0.15) is 12.3 Å². The van der Waals surface area contributed by atoms with Crippen molar-refractivity contribution in [3.05, 3.63) is 6.42 Å². The molecular formula is C7H11F2. The Balaban J connectivity index is 2.29. The van der Waals surface area contributed by atoms with E-state index in [9.17, 15) is 8.78 Å². The van der Waals surface area contributed by atoms with Crippen LogP contribution in [-0.4, -0.2) is 12.3 Å². The first-order chi connectivity index (χ1) is 4.29. The highest BCUT2D eigenvalue weighted by atomic mass is 19.1. The lowest BCUT2D eigenvalue weighted by Gasteiger charge is -2.03. The van der Waals surface area contributed by atoms with Gasteiger partial charge in [0.2, 0.25) is 0 Å². The number of rotatable bonds is 0. The number of hydrogen-bond donors (Lipinski definition) is 0. The molecule has 0 spiro atoms. The Morgan fingerprint density at radius 3 is 1.89 bits per heavy atom. The third-order valence-electron chi connectivity index (χ3n) is 1.63. The molecule has 2 heteroatoms. The Morgan fingerprint density at radius 1 is 1.00 bits per heavy atom. The molecule has 0 heterocycles. The molecule has 0 aliphatic heterocycles. The highest BCUT2D eigenvalue weighted by Crippen LogP contribution is 2.21. The van der Waals surface area contributed by atoms with Crippen LogP contribution in [0.3, 0.4) is 0 Å². The predicted molar refractivity (Wildman–Crippen MR) is 32.6 cm³/mol. The van der Waals surface area contributed by atoms with Crippen molar-refractivity contribution in [2.45, 2.75) is 38.0 Å². The van der Waals surface area contributed by atoms with Crippen molar-refractivity contribution < 1.29 is 8.78 Å². The fourth-order valence-electron chi connectivity index (χ4n) is 1.10. The average Bonchev–Trinajstić information content (AvgIpc) is 1.93. The van der Waals surface area contributed by atoms with Crippen molar-refractivity contribution in [3.8, 4) is 0 Å². The van der Waals surface area contributed by atoms with E-state index in [1.54, 1.807) is 0 Å². The maximum Gasteiger partial charge on any atom is 0.106 e. The zero-order valence-electron chi connectivity index (χ0n) is 5.32. The molecule has 0 nitrogen and oxygen atoms in total. The molecule has 0 saturated heterocycles. The zero-order chi connectivity index (χ0) is 6.69. The lowest BCUT2D eigenvalue weighted by atomic mass is 10.2. The molecule has 2 atom stereocenters. The Morgan fingerprint density at radius 2 is 1.44 bits per heavy atom. The average molecular weight is 133 g/mol. The van der Waals surface area contributed by atoms with E-state index in [4.69, 9.17) is 0 Å². The molecule has 0 bridgehead atoms. The van der Waals surface area contributed by atoms with E-state index in [1.807, 2.05) is 0 Å². The highest BCUT2D eigenvalue weighted by Gasteiger charge is 2.18. The van der Waals surface area contributed by atoms with Gasteiger partial charge < -0.3 is 0 Å². The van der Waals surface area contributed by atoms with Crippen LogP contribution >= 0.6 is 0 Å². The van der Waals surface area contributed by atoms with Crippen LogP contribution in [0.4, 0.5) is 8.78 Å². The van der Waals surface area contributed by atoms with Crippen LogP contribution in [0.15, 0.2) is 0 Å². The smallest absolute Gasteiger partial charge is 0.106 e. The van der Waals surface area contributed by atoms with Gasteiger partial charge in [-0.25, -0.2) is 8.78 Å². The van der Waals surface area contributed by atoms with Crippen molar-refractivity contribution in [3.63, 3.8) is 0 Å². The molecule has 1 saturated carbocycles. The van der Waals surface area contributed by atoms with E-state index in [2.05, 4.69) is 0 Å². The van der Waals surface area contributed by atoms with Crippen LogP contribution in [0.1, 0.15) is 25.7 Å². The molecule has 0 amide bonds. The fraction of sp³-hybridized carbons (Fsp3) is 0.857. The van der Waals surface area contributed by atoms with Gasteiger partial charge in [-0.2, -0.15) is 0 Å². The molecule has 0 aromatic rings. The first-order valence-electron chi connectivity index (χ1n) is 3.42. The summed E-state index contributed by atoms with van der Waals surface area (Å²) in [4.78, 5) is 0. The van der Waals surface area contributed by atoms with Gasteiger partial charge in [0, 0.05) is 6.42 Å². The predicted octanol–water partition coefficient (Wildman–Crippen LogP) is 2.44. The van der Waals surface area contributed by atoms with E-state index >= 15 is 0 Å². The number of hydrogen-bond acceptors (Lipinski definition) is 0. The van der Waals surface area contributed by atoms with Crippen LogP contribution in [0.5, 0.6) is 0 Å². The maximum atomic E-state index is 12.4. The Bertz CT molecular complexity index is 73.0. The number of alkyl halides is 2. The summed E-state index contributed by atoms with van der Waals surface area (Å²) in [5.41, 5.74) is 0. The molecule has 1 radical (unpaired) electrons. The van der Waals surface area contributed by atoms with Crippen LogP contribution < -0.4 is 0 Å². The molecule has 9 heavy (non-hydrogen) atoms. The summed E-state index contributed by atoms with van der Waals surface area (Å²) < 4.78 is 24.8. The second-order valence-corrected chi connectivity index (χ2v) is 2.51. The highest BCUT2D eigenvalue weighted by molar-refractivity contribution is 4.86. The topological polar surface area (TPSA) is 0 Å². The summed E-state index contributed by atoms with van der Waals surface area (Å²) in [6.45, 7) is 0. The molecule has 1 rings (SSSR count). The molecule has 0 N–H and O–H groups in total. The van der Waals surface area contributed by atoms with Crippen molar-refractivity contribution in [2.75, 3.05) is 0 Å². The molecule has 53 valence electrons. The maximum absolute atomic E-state index is 12.4. The fourth-order valence-corrected chi connectivity index (χ4v) is 1.10. The van der Waals surface area contributed by atoms with Crippen molar-refractivity contribution in [1.29, 1.82) is 0 Å². The monoisotopic (exact) mass is 133 g/mol. The van der Waals surface area contributed by atoms with E-state index in [-0.39, 0.29) is 0 Å². The van der Waals surface area contributed by atoms with Crippen molar-refractivity contribution in [2.24, 2.45) is 0 Å². The summed E-state index contributed by atoms with van der Waals surface area (Å²) in [5.74, 6) is 0. The Hall–Kier alpha value is -0.140.